The van der Waals surface area contributed by atoms with Gasteiger partial charge in [0.25, 0.3) is 0 Å². The highest BCUT2D eigenvalue weighted by atomic mass is 32.2. The van der Waals surface area contributed by atoms with Crippen molar-refractivity contribution in [3.8, 4) is 5.75 Å². The smallest absolute Gasteiger partial charge is 0.223 e. The normalized spacial score (nSPS) is 21.9. The first kappa shape index (κ1) is 20.2. The van der Waals surface area contributed by atoms with Crippen molar-refractivity contribution in [3.05, 3.63) is 16.3 Å². The summed E-state index contributed by atoms with van der Waals surface area (Å²) in [4.78, 5) is 13.3. The van der Waals surface area contributed by atoms with Gasteiger partial charge in [0.15, 0.2) is 0 Å². The summed E-state index contributed by atoms with van der Waals surface area (Å²) in [7, 11) is -3.35. The van der Waals surface area contributed by atoms with E-state index in [2.05, 4.69) is 10.0 Å². The number of thiophene rings is 1. The summed E-state index contributed by atoms with van der Waals surface area (Å²) in [5.74, 6) is 0.257. The lowest BCUT2D eigenvalue weighted by molar-refractivity contribution is -0.125. The molecule has 0 atom stereocenters. The summed E-state index contributed by atoms with van der Waals surface area (Å²) >= 11 is 1.48. The van der Waals surface area contributed by atoms with Crippen LogP contribution in [-0.4, -0.2) is 36.8 Å². The van der Waals surface area contributed by atoms with Crippen LogP contribution in [0.4, 0.5) is 0 Å². The summed E-state index contributed by atoms with van der Waals surface area (Å²) in [6.07, 6.45) is 3.47. The summed E-state index contributed by atoms with van der Waals surface area (Å²) in [5.41, 5.74) is 0. The van der Waals surface area contributed by atoms with Crippen molar-refractivity contribution >= 4 is 27.3 Å². The van der Waals surface area contributed by atoms with E-state index < -0.39 is 14.8 Å². The molecule has 8 heteroatoms. The fourth-order valence-corrected chi connectivity index (χ4v) is 4.60. The minimum absolute atomic E-state index is 0.0397. The van der Waals surface area contributed by atoms with Crippen molar-refractivity contribution in [1.29, 1.82) is 0 Å². The lowest BCUT2D eigenvalue weighted by atomic mass is 9.86. The SMILES string of the molecule is CC(C)(C)S(=O)(=O)NC1CCC(C(=O)NCCc2cc(O)cs2)CC1. The number of aromatic hydroxyl groups is 1. The molecule has 0 saturated heterocycles. The lowest BCUT2D eigenvalue weighted by Crippen LogP contribution is -2.46. The zero-order valence-corrected chi connectivity index (χ0v) is 16.7. The van der Waals surface area contributed by atoms with Crippen LogP contribution in [0.2, 0.25) is 0 Å². The maximum absolute atomic E-state index is 12.2. The number of carbonyl (C=O) groups excluding carboxylic acids is 1. The number of amides is 1. The Balaban J connectivity index is 1.73. The average molecular weight is 389 g/mol. The Morgan fingerprint density at radius 1 is 1.28 bits per heavy atom. The van der Waals surface area contributed by atoms with E-state index >= 15 is 0 Å². The minimum Gasteiger partial charge on any atom is -0.507 e. The van der Waals surface area contributed by atoms with Gasteiger partial charge in [0.2, 0.25) is 15.9 Å². The number of rotatable bonds is 6. The zero-order valence-electron chi connectivity index (χ0n) is 15.0. The van der Waals surface area contributed by atoms with Gasteiger partial charge in [0, 0.05) is 28.8 Å². The van der Waals surface area contributed by atoms with Crippen molar-refractivity contribution in [2.75, 3.05) is 6.54 Å². The Morgan fingerprint density at radius 3 is 2.44 bits per heavy atom. The van der Waals surface area contributed by atoms with E-state index in [1.165, 1.54) is 11.3 Å². The van der Waals surface area contributed by atoms with Crippen LogP contribution in [0.3, 0.4) is 0 Å². The number of sulfonamides is 1. The molecule has 1 aromatic heterocycles. The lowest BCUT2D eigenvalue weighted by Gasteiger charge is -2.30. The van der Waals surface area contributed by atoms with Gasteiger partial charge in [-0.25, -0.2) is 13.1 Å². The van der Waals surface area contributed by atoms with Gasteiger partial charge >= 0.3 is 0 Å². The summed E-state index contributed by atoms with van der Waals surface area (Å²) in [6, 6.07) is 1.63. The van der Waals surface area contributed by atoms with E-state index in [1.54, 1.807) is 32.2 Å². The van der Waals surface area contributed by atoms with Crippen molar-refractivity contribution in [2.24, 2.45) is 5.92 Å². The largest absolute Gasteiger partial charge is 0.507 e. The molecule has 1 aromatic rings. The fourth-order valence-electron chi connectivity index (χ4n) is 2.82. The minimum atomic E-state index is -3.35. The standard InChI is InChI=1S/C17H28N2O4S2/c1-17(2,3)25(22,23)19-13-6-4-12(5-7-13)16(21)18-9-8-15-10-14(20)11-24-15/h10-13,19-20H,4-9H2,1-3H3,(H,18,21). The maximum Gasteiger partial charge on any atom is 0.223 e. The topological polar surface area (TPSA) is 95.5 Å². The molecular formula is C17H28N2O4S2. The van der Waals surface area contributed by atoms with Crippen LogP contribution in [0.5, 0.6) is 5.75 Å². The highest BCUT2D eigenvalue weighted by Crippen LogP contribution is 2.26. The second kappa shape index (κ2) is 8.05. The predicted molar refractivity (Wildman–Crippen MR) is 100 cm³/mol. The van der Waals surface area contributed by atoms with Gasteiger partial charge in [-0.1, -0.05) is 0 Å². The molecule has 1 aliphatic rings. The van der Waals surface area contributed by atoms with Crippen LogP contribution in [0, 0.1) is 5.92 Å². The van der Waals surface area contributed by atoms with E-state index in [4.69, 9.17) is 0 Å². The predicted octanol–water partition coefficient (Wildman–Crippen LogP) is 2.39. The molecule has 142 valence electrons. The molecule has 6 nitrogen and oxygen atoms in total. The molecule has 1 aliphatic carbocycles. The first-order valence-electron chi connectivity index (χ1n) is 8.64. The molecule has 0 spiro atoms. The van der Waals surface area contributed by atoms with Gasteiger partial charge in [0.05, 0.1) is 4.75 Å². The number of hydrogen-bond acceptors (Lipinski definition) is 5. The zero-order chi connectivity index (χ0) is 18.7. The van der Waals surface area contributed by atoms with Gasteiger partial charge in [-0.05, 0) is 58.9 Å². The Labute approximate surface area is 154 Å². The van der Waals surface area contributed by atoms with Crippen LogP contribution in [0.25, 0.3) is 0 Å². The van der Waals surface area contributed by atoms with E-state index in [0.29, 0.717) is 38.6 Å². The maximum atomic E-state index is 12.2. The van der Waals surface area contributed by atoms with Gasteiger partial charge in [-0.15, -0.1) is 11.3 Å². The van der Waals surface area contributed by atoms with E-state index in [9.17, 15) is 18.3 Å². The third kappa shape index (κ3) is 5.69. The molecule has 1 amide bonds. The highest BCUT2D eigenvalue weighted by molar-refractivity contribution is 7.90. The summed E-state index contributed by atoms with van der Waals surface area (Å²) in [5, 5.41) is 13.9. The summed E-state index contributed by atoms with van der Waals surface area (Å²) < 4.78 is 26.4. The molecule has 1 fully saturated rings. The molecule has 0 radical (unpaired) electrons. The Hall–Kier alpha value is -1.12. The Morgan fingerprint density at radius 2 is 1.92 bits per heavy atom. The monoisotopic (exact) mass is 388 g/mol. The fraction of sp³-hybridized carbons (Fsp3) is 0.706. The third-order valence-electron chi connectivity index (χ3n) is 4.54. The van der Waals surface area contributed by atoms with Crippen molar-refractivity contribution in [1.82, 2.24) is 10.0 Å². The highest BCUT2D eigenvalue weighted by Gasteiger charge is 2.33. The van der Waals surface area contributed by atoms with Gasteiger partial charge in [0.1, 0.15) is 5.75 Å². The van der Waals surface area contributed by atoms with Crippen LogP contribution >= 0.6 is 11.3 Å². The van der Waals surface area contributed by atoms with Crippen LogP contribution in [-0.2, 0) is 21.2 Å². The van der Waals surface area contributed by atoms with Crippen molar-refractivity contribution in [3.63, 3.8) is 0 Å². The van der Waals surface area contributed by atoms with Crippen LogP contribution in [0.1, 0.15) is 51.3 Å². The molecule has 3 N–H and O–H groups in total. The second-order valence-electron chi connectivity index (χ2n) is 7.59. The molecule has 2 rings (SSSR count). The van der Waals surface area contributed by atoms with Crippen LogP contribution < -0.4 is 10.0 Å². The molecule has 1 heterocycles. The van der Waals surface area contributed by atoms with E-state index in [1.807, 2.05) is 0 Å². The first-order valence-corrected chi connectivity index (χ1v) is 11.0. The van der Waals surface area contributed by atoms with Gasteiger partial charge in [-0.3, -0.25) is 4.79 Å². The van der Waals surface area contributed by atoms with Crippen molar-refractivity contribution in [2.45, 2.75) is 63.7 Å². The van der Waals surface area contributed by atoms with Crippen molar-refractivity contribution < 1.29 is 18.3 Å². The molecular weight excluding hydrogens is 360 g/mol. The first-order chi connectivity index (χ1) is 11.6. The van der Waals surface area contributed by atoms with Gasteiger partial charge < -0.3 is 10.4 Å². The molecule has 0 aliphatic heterocycles. The van der Waals surface area contributed by atoms with Crippen LogP contribution in [0.15, 0.2) is 11.4 Å². The van der Waals surface area contributed by atoms with Gasteiger partial charge in [-0.2, -0.15) is 0 Å². The Kier molecular flexibility index (Phi) is 6.51. The Bertz CT molecular complexity index is 684. The molecule has 0 bridgehead atoms. The average Bonchev–Trinajstić information content (AvgIpc) is 2.92. The van der Waals surface area contributed by atoms with E-state index in [-0.39, 0.29) is 23.6 Å². The second-order valence-corrected chi connectivity index (χ2v) is 11.1. The van der Waals surface area contributed by atoms with E-state index in [0.717, 1.165) is 4.88 Å². The third-order valence-corrected chi connectivity index (χ3v) is 7.78. The number of hydrogen-bond donors (Lipinski definition) is 3. The number of carbonyl (C=O) groups is 1. The summed E-state index contributed by atoms with van der Waals surface area (Å²) in [6.45, 7) is 5.60. The molecule has 0 unspecified atom stereocenters. The quantitative estimate of drug-likeness (QED) is 0.697. The molecule has 25 heavy (non-hydrogen) atoms. The number of nitrogens with one attached hydrogen (secondary N) is 2. The molecule has 1 saturated carbocycles. The molecule has 0 aromatic carbocycles.